The van der Waals surface area contributed by atoms with Crippen LogP contribution in [-0.4, -0.2) is 21.8 Å². The molecule has 1 aromatic heterocycles. The number of benzene rings is 1. The van der Waals surface area contributed by atoms with Gasteiger partial charge < -0.3 is 10.1 Å². The number of aromatic carboxylic acids is 1. The Morgan fingerprint density at radius 1 is 1.24 bits per heavy atom. The van der Waals surface area contributed by atoms with Crippen molar-refractivity contribution in [3.05, 3.63) is 34.5 Å². The zero-order valence-electron chi connectivity index (χ0n) is 9.92. The van der Waals surface area contributed by atoms with Crippen LogP contribution in [0.4, 0.5) is 0 Å². The monoisotopic (exact) mass is 231 g/mol. The van der Waals surface area contributed by atoms with Crippen molar-refractivity contribution in [3.8, 4) is 0 Å². The predicted molar refractivity (Wildman–Crippen MR) is 64.7 cm³/mol. The van der Waals surface area contributed by atoms with Gasteiger partial charge in [0.05, 0.1) is 11.1 Å². The average molecular weight is 231 g/mol. The molecule has 4 nitrogen and oxygen atoms in total. The van der Waals surface area contributed by atoms with Crippen molar-refractivity contribution in [2.45, 2.75) is 20.8 Å². The standard InChI is InChI=1S/C13H13NO3/c1-6-4-5-9-10(8(3)15)12(13(16)17)14-11(9)7(6)2/h4-5,14H,1-3H3,(H,16,17). The number of ketones is 1. The van der Waals surface area contributed by atoms with E-state index in [9.17, 15) is 9.59 Å². The number of nitrogens with one attached hydrogen (secondary N) is 1. The van der Waals surface area contributed by atoms with E-state index >= 15 is 0 Å². The summed E-state index contributed by atoms with van der Waals surface area (Å²) < 4.78 is 0. The molecule has 0 unspecified atom stereocenters. The van der Waals surface area contributed by atoms with Crippen LogP contribution in [0.15, 0.2) is 12.1 Å². The smallest absolute Gasteiger partial charge is 0.353 e. The number of carboxylic acids is 1. The third kappa shape index (κ3) is 1.62. The summed E-state index contributed by atoms with van der Waals surface area (Å²) in [6.07, 6.45) is 0. The third-order valence-electron chi connectivity index (χ3n) is 3.07. The summed E-state index contributed by atoms with van der Waals surface area (Å²) in [6.45, 7) is 5.23. The lowest BCUT2D eigenvalue weighted by molar-refractivity contribution is 0.0687. The van der Waals surface area contributed by atoms with Crippen LogP contribution in [0.5, 0.6) is 0 Å². The molecule has 0 aliphatic rings. The van der Waals surface area contributed by atoms with Crippen LogP contribution in [0.1, 0.15) is 38.9 Å². The Morgan fingerprint density at radius 2 is 1.88 bits per heavy atom. The third-order valence-corrected chi connectivity index (χ3v) is 3.07. The summed E-state index contributed by atoms with van der Waals surface area (Å²) >= 11 is 0. The Kier molecular flexibility index (Phi) is 2.50. The summed E-state index contributed by atoms with van der Waals surface area (Å²) in [5.74, 6) is -1.35. The maximum atomic E-state index is 11.6. The SMILES string of the molecule is CC(=O)c1c(C(=O)O)[nH]c2c(C)c(C)ccc12. The van der Waals surface area contributed by atoms with Gasteiger partial charge in [0.15, 0.2) is 5.78 Å². The van der Waals surface area contributed by atoms with Crippen molar-refractivity contribution in [2.24, 2.45) is 0 Å². The first-order valence-electron chi connectivity index (χ1n) is 5.29. The topological polar surface area (TPSA) is 70.2 Å². The van der Waals surface area contributed by atoms with E-state index in [4.69, 9.17) is 5.11 Å². The van der Waals surface area contributed by atoms with Gasteiger partial charge in [-0.3, -0.25) is 4.79 Å². The Morgan fingerprint density at radius 3 is 2.41 bits per heavy atom. The minimum Gasteiger partial charge on any atom is -0.477 e. The maximum Gasteiger partial charge on any atom is 0.353 e. The van der Waals surface area contributed by atoms with Gasteiger partial charge in [0.25, 0.3) is 0 Å². The molecule has 2 rings (SSSR count). The molecule has 0 amide bonds. The van der Waals surface area contributed by atoms with Crippen molar-refractivity contribution < 1.29 is 14.7 Å². The van der Waals surface area contributed by atoms with E-state index in [2.05, 4.69) is 4.98 Å². The highest BCUT2D eigenvalue weighted by atomic mass is 16.4. The minimum atomic E-state index is -1.11. The van der Waals surface area contributed by atoms with Gasteiger partial charge in [0.1, 0.15) is 5.69 Å². The lowest BCUT2D eigenvalue weighted by Gasteiger charge is -2.01. The van der Waals surface area contributed by atoms with Gasteiger partial charge >= 0.3 is 5.97 Å². The van der Waals surface area contributed by atoms with Gasteiger partial charge in [-0.1, -0.05) is 12.1 Å². The molecule has 88 valence electrons. The van der Waals surface area contributed by atoms with Crippen LogP contribution in [0.2, 0.25) is 0 Å². The zero-order valence-corrected chi connectivity index (χ0v) is 9.92. The van der Waals surface area contributed by atoms with E-state index in [1.54, 1.807) is 6.07 Å². The summed E-state index contributed by atoms with van der Waals surface area (Å²) in [4.78, 5) is 25.5. The number of Topliss-reactive ketones (excluding diaryl/α,β-unsaturated/α-hetero) is 1. The van der Waals surface area contributed by atoms with E-state index in [0.29, 0.717) is 5.39 Å². The molecule has 0 spiro atoms. The van der Waals surface area contributed by atoms with E-state index < -0.39 is 5.97 Å². The van der Waals surface area contributed by atoms with Gasteiger partial charge in [-0.05, 0) is 31.9 Å². The molecule has 2 aromatic rings. The minimum absolute atomic E-state index is 0.0267. The molecule has 17 heavy (non-hydrogen) atoms. The molecule has 0 aliphatic heterocycles. The molecule has 0 saturated heterocycles. The molecule has 0 bridgehead atoms. The van der Waals surface area contributed by atoms with Crippen molar-refractivity contribution >= 4 is 22.7 Å². The normalized spacial score (nSPS) is 10.8. The van der Waals surface area contributed by atoms with Crippen molar-refractivity contribution in [1.82, 2.24) is 4.98 Å². The second kappa shape index (κ2) is 3.73. The van der Waals surface area contributed by atoms with E-state index in [-0.39, 0.29) is 17.0 Å². The number of H-pyrrole nitrogens is 1. The van der Waals surface area contributed by atoms with Gasteiger partial charge in [-0.15, -0.1) is 0 Å². The van der Waals surface area contributed by atoms with E-state index in [1.807, 2.05) is 19.9 Å². The molecule has 0 radical (unpaired) electrons. The van der Waals surface area contributed by atoms with Gasteiger partial charge in [-0.2, -0.15) is 0 Å². The Balaban J connectivity index is 2.94. The Hall–Kier alpha value is -2.10. The first kappa shape index (κ1) is 11.4. The Bertz CT molecular complexity index is 638. The number of fused-ring (bicyclic) bond motifs is 1. The molecule has 0 atom stereocenters. The maximum absolute atomic E-state index is 11.6. The molecule has 0 fully saturated rings. The first-order valence-corrected chi connectivity index (χ1v) is 5.29. The van der Waals surface area contributed by atoms with Gasteiger partial charge in [-0.25, -0.2) is 4.79 Å². The average Bonchev–Trinajstić information content (AvgIpc) is 2.63. The summed E-state index contributed by atoms with van der Waals surface area (Å²) in [5, 5.41) is 9.77. The largest absolute Gasteiger partial charge is 0.477 e. The molecular weight excluding hydrogens is 218 g/mol. The fourth-order valence-electron chi connectivity index (χ4n) is 2.03. The van der Waals surface area contributed by atoms with E-state index in [1.165, 1.54) is 6.92 Å². The van der Waals surface area contributed by atoms with Crippen molar-refractivity contribution in [2.75, 3.05) is 0 Å². The molecule has 0 aliphatic carbocycles. The van der Waals surface area contributed by atoms with Crippen LogP contribution in [-0.2, 0) is 0 Å². The predicted octanol–water partition coefficient (Wildman–Crippen LogP) is 2.69. The van der Waals surface area contributed by atoms with Crippen molar-refractivity contribution in [3.63, 3.8) is 0 Å². The molecule has 4 heteroatoms. The highest BCUT2D eigenvalue weighted by Gasteiger charge is 2.21. The molecular formula is C13H13NO3. The zero-order chi connectivity index (χ0) is 12.7. The van der Waals surface area contributed by atoms with Crippen molar-refractivity contribution in [1.29, 1.82) is 0 Å². The number of hydrogen-bond donors (Lipinski definition) is 2. The number of rotatable bonds is 2. The highest BCUT2D eigenvalue weighted by Crippen LogP contribution is 2.27. The summed E-state index contributed by atoms with van der Waals surface area (Å²) in [7, 11) is 0. The number of aryl methyl sites for hydroxylation is 2. The second-order valence-electron chi connectivity index (χ2n) is 4.17. The van der Waals surface area contributed by atoms with Gasteiger partial charge in [0, 0.05) is 5.39 Å². The number of carbonyl (C=O) groups is 2. The second-order valence-corrected chi connectivity index (χ2v) is 4.17. The summed E-state index contributed by atoms with van der Waals surface area (Å²) in [6, 6.07) is 3.68. The van der Waals surface area contributed by atoms with Crippen LogP contribution in [0.25, 0.3) is 10.9 Å². The Labute approximate surface area is 98.3 Å². The highest BCUT2D eigenvalue weighted by molar-refractivity contribution is 6.14. The van der Waals surface area contributed by atoms with E-state index in [0.717, 1.165) is 16.6 Å². The lowest BCUT2D eigenvalue weighted by atomic mass is 10.0. The number of aromatic nitrogens is 1. The number of carboxylic acid groups (broad SMARTS) is 1. The lowest BCUT2D eigenvalue weighted by Crippen LogP contribution is -2.04. The molecule has 0 saturated carbocycles. The van der Waals surface area contributed by atoms with Crippen LogP contribution >= 0.6 is 0 Å². The first-order chi connectivity index (χ1) is 7.93. The fraction of sp³-hybridized carbons (Fsp3) is 0.231. The molecule has 1 aromatic carbocycles. The molecule has 1 heterocycles. The number of hydrogen-bond acceptors (Lipinski definition) is 2. The fourth-order valence-corrected chi connectivity index (χ4v) is 2.03. The number of aromatic amines is 1. The van der Waals surface area contributed by atoms with Gasteiger partial charge in [0.2, 0.25) is 0 Å². The van der Waals surface area contributed by atoms with Crippen LogP contribution in [0, 0.1) is 13.8 Å². The molecule has 2 N–H and O–H groups in total. The number of carbonyl (C=O) groups excluding carboxylic acids is 1. The quantitative estimate of drug-likeness (QED) is 0.780. The van der Waals surface area contributed by atoms with Crippen LogP contribution < -0.4 is 0 Å². The van der Waals surface area contributed by atoms with Crippen LogP contribution in [0.3, 0.4) is 0 Å². The summed E-state index contributed by atoms with van der Waals surface area (Å²) in [5.41, 5.74) is 2.99.